The predicted octanol–water partition coefficient (Wildman–Crippen LogP) is 3.39. The van der Waals surface area contributed by atoms with Gasteiger partial charge in [0.2, 0.25) is 5.91 Å². The summed E-state index contributed by atoms with van der Waals surface area (Å²) in [5.41, 5.74) is 1.79. The standard InChI is InChI=1S/C22H24N2O5S/c1-3-10-24-18-11-15(4-9-20(18)29-12-22(24)27)19(25)13-30-14-21(26)23-16-5-7-17(28-2)8-6-16/h4-9,11H,3,10,12-14H2,1-2H3,(H,23,26). The number of hydrogen-bond donors (Lipinski definition) is 1. The Balaban J connectivity index is 1.54. The Morgan fingerprint density at radius 3 is 2.63 bits per heavy atom. The molecule has 2 amide bonds. The third kappa shape index (κ3) is 5.33. The molecule has 7 nitrogen and oxygen atoms in total. The summed E-state index contributed by atoms with van der Waals surface area (Å²) >= 11 is 1.24. The van der Waals surface area contributed by atoms with E-state index in [2.05, 4.69) is 5.32 Å². The number of benzene rings is 2. The molecule has 0 aromatic heterocycles. The molecule has 8 heteroatoms. The van der Waals surface area contributed by atoms with Crippen molar-refractivity contribution in [1.82, 2.24) is 0 Å². The van der Waals surface area contributed by atoms with Crippen molar-refractivity contribution in [3.05, 3.63) is 48.0 Å². The van der Waals surface area contributed by atoms with Crippen LogP contribution in [-0.4, -0.2) is 49.4 Å². The maximum Gasteiger partial charge on any atom is 0.265 e. The van der Waals surface area contributed by atoms with Crippen molar-refractivity contribution in [3.63, 3.8) is 0 Å². The molecule has 2 aromatic carbocycles. The van der Waals surface area contributed by atoms with Crippen LogP contribution in [0.25, 0.3) is 0 Å². The first kappa shape index (κ1) is 21.7. The largest absolute Gasteiger partial charge is 0.497 e. The molecular formula is C22H24N2O5S. The Morgan fingerprint density at radius 1 is 1.17 bits per heavy atom. The summed E-state index contributed by atoms with van der Waals surface area (Å²) in [6.45, 7) is 2.58. The first-order valence-corrected chi connectivity index (χ1v) is 10.8. The number of nitrogens with one attached hydrogen (secondary N) is 1. The van der Waals surface area contributed by atoms with Gasteiger partial charge in [-0.25, -0.2) is 0 Å². The van der Waals surface area contributed by atoms with Crippen LogP contribution < -0.4 is 19.7 Å². The number of anilines is 2. The van der Waals surface area contributed by atoms with Crippen LogP contribution in [-0.2, 0) is 9.59 Å². The molecular weight excluding hydrogens is 404 g/mol. The third-order valence-corrected chi connectivity index (χ3v) is 5.44. The third-order valence-electron chi connectivity index (χ3n) is 4.51. The van der Waals surface area contributed by atoms with E-state index in [0.29, 0.717) is 35.0 Å². The minimum Gasteiger partial charge on any atom is -0.497 e. The predicted molar refractivity (Wildman–Crippen MR) is 118 cm³/mol. The summed E-state index contributed by atoms with van der Waals surface area (Å²) in [4.78, 5) is 38.4. The fourth-order valence-electron chi connectivity index (χ4n) is 3.04. The van der Waals surface area contributed by atoms with Crippen LogP contribution >= 0.6 is 11.8 Å². The lowest BCUT2D eigenvalue weighted by atomic mass is 10.1. The quantitative estimate of drug-likeness (QED) is 0.617. The van der Waals surface area contributed by atoms with Crippen molar-refractivity contribution in [1.29, 1.82) is 0 Å². The van der Waals surface area contributed by atoms with Gasteiger partial charge in [-0.2, -0.15) is 0 Å². The fraction of sp³-hybridized carbons (Fsp3) is 0.318. The lowest BCUT2D eigenvalue weighted by molar-refractivity contribution is -0.121. The number of ketones is 1. The van der Waals surface area contributed by atoms with Crippen LogP contribution in [0.4, 0.5) is 11.4 Å². The zero-order chi connectivity index (χ0) is 21.5. The molecule has 0 fully saturated rings. The van der Waals surface area contributed by atoms with E-state index < -0.39 is 0 Å². The van der Waals surface area contributed by atoms with Gasteiger partial charge in [0.15, 0.2) is 12.4 Å². The van der Waals surface area contributed by atoms with E-state index in [0.717, 1.165) is 6.42 Å². The zero-order valence-electron chi connectivity index (χ0n) is 17.0. The van der Waals surface area contributed by atoms with Crippen molar-refractivity contribution < 1.29 is 23.9 Å². The van der Waals surface area contributed by atoms with Crippen molar-refractivity contribution in [2.75, 3.05) is 42.0 Å². The molecule has 0 atom stereocenters. The minimum atomic E-state index is -0.184. The lowest BCUT2D eigenvalue weighted by Crippen LogP contribution is -2.39. The number of rotatable bonds is 9. The number of Topliss-reactive ketones (excluding diaryl/α,β-unsaturated/α-hetero) is 1. The van der Waals surface area contributed by atoms with Gasteiger partial charge in [0.05, 0.1) is 24.3 Å². The van der Waals surface area contributed by atoms with E-state index in [9.17, 15) is 14.4 Å². The minimum absolute atomic E-state index is 0.0133. The second kappa shape index (κ2) is 10.2. The van der Waals surface area contributed by atoms with Crippen molar-refractivity contribution in [3.8, 4) is 11.5 Å². The second-order valence-corrected chi connectivity index (χ2v) is 7.69. The highest BCUT2D eigenvalue weighted by Gasteiger charge is 2.25. The Bertz CT molecular complexity index is 930. The number of carbonyl (C=O) groups excluding carboxylic acids is 3. The van der Waals surface area contributed by atoms with Crippen LogP contribution in [0, 0.1) is 0 Å². The Hall–Kier alpha value is -3.00. The molecule has 30 heavy (non-hydrogen) atoms. The molecule has 158 valence electrons. The number of carbonyl (C=O) groups is 3. The first-order chi connectivity index (χ1) is 14.5. The number of fused-ring (bicyclic) bond motifs is 1. The molecule has 0 saturated carbocycles. The average Bonchev–Trinajstić information content (AvgIpc) is 2.76. The van der Waals surface area contributed by atoms with Gasteiger partial charge >= 0.3 is 0 Å². The van der Waals surface area contributed by atoms with Crippen molar-refractivity contribution in [2.24, 2.45) is 0 Å². The Morgan fingerprint density at radius 2 is 1.93 bits per heavy atom. The van der Waals surface area contributed by atoms with Gasteiger partial charge in [-0.1, -0.05) is 6.92 Å². The summed E-state index contributed by atoms with van der Waals surface area (Å²) < 4.78 is 10.5. The van der Waals surface area contributed by atoms with Crippen molar-refractivity contribution in [2.45, 2.75) is 13.3 Å². The molecule has 0 unspecified atom stereocenters. The first-order valence-electron chi connectivity index (χ1n) is 9.64. The number of thioether (sulfide) groups is 1. The zero-order valence-corrected chi connectivity index (χ0v) is 17.8. The van der Waals surface area contributed by atoms with Gasteiger partial charge in [-0.3, -0.25) is 14.4 Å². The molecule has 1 aliphatic rings. The van der Waals surface area contributed by atoms with E-state index in [4.69, 9.17) is 9.47 Å². The van der Waals surface area contributed by atoms with E-state index in [1.165, 1.54) is 11.8 Å². The summed E-state index contributed by atoms with van der Waals surface area (Å²) in [5, 5.41) is 2.79. The number of amides is 2. The fourth-order valence-corrected chi connectivity index (χ4v) is 3.75. The van der Waals surface area contributed by atoms with E-state index >= 15 is 0 Å². The summed E-state index contributed by atoms with van der Waals surface area (Å²) in [6, 6.07) is 12.1. The van der Waals surface area contributed by atoms with Crippen LogP contribution in [0.1, 0.15) is 23.7 Å². The molecule has 3 rings (SSSR count). The van der Waals surface area contributed by atoms with Gasteiger partial charge in [-0.15, -0.1) is 11.8 Å². The maximum absolute atomic E-state index is 12.6. The van der Waals surface area contributed by atoms with Crippen LogP contribution in [0.15, 0.2) is 42.5 Å². The molecule has 1 heterocycles. The lowest BCUT2D eigenvalue weighted by Gasteiger charge is -2.29. The molecule has 0 aliphatic carbocycles. The Labute approximate surface area is 179 Å². The van der Waals surface area contributed by atoms with Gasteiger partial charge in [0.1, 0.15) is 11.5 Å². The van der Waals surface area contributed by atoms with Crippen LogP contribution in [0.2, 0.25) is 0 Å². The van der Waals surface area contributed by atoms with Crippen LogP contribution in [0.3, 0.4) is 0 Å². The molecule has 0 saturated heterocycles. The molecule has 0 radical (unpaired) electrons. The number of ether oxygens (including phenoxy) is 2. The topological polar surface area (TPSA) is 84.9 Å². The maximum atomic E-state index is 12.6. The van der Waals surface area contributed by atoms with Gasteiger partial charge in [0, 0.05) is 17.8 Å². The van der Waals surface area contributed by atoms with E-state index in [1.54, 1.807) is 54.5 Å². The molecule has 1 N–H and O–H groups in total. The normalized spacial score (nSPS) is 12.7. The second-order valence-electron chi connectivity index (χ2n) is 6.71. The summed E-state index contributed by atoms with van der Waals surface area (Å²) in [5.74, 6) is 1.24. The van der Waals surface area contributed by atoms with Crippen molar-refractivity contribution >= 4 is 40.7 Å². The van der Waals surface area contributed by atoms with E-state index in [-0.39, 0.29) is 35.7 Å². The average molecular weight is 429 g/mol. The number of methoxy groups -OCH3 is 1. The summed E-state index contributed by atoms with van der Waals surface area (Å²) in [6.07, 6.45) is 0.808. The van der Waals surface area contributed by atoms with Crippen LogP contribution in [0.5, 0.6) is 11.5 Å². The van der Waals surface area contributed by atoms with E-state index in [1.807, 2.05) is 6.92 Å². The molecule has 0 bridgehead atoms. The molecule has 0 spiro atoms. The molecule has 2 aromatic rings. The highest BCUT2D eigenvalue weighted by Crippen LogP contribution is 2.33. The summed E-state index contributed by atoms with van der Waals surface area (Å²) in [7, 11) is 1.58. The van der Waals surface area contributed by atoms with Gasteiger partial charge in [0.25, 0.3) is 5.91 Å². The van der Waals surface area contributed by atoms with Gasteiger partial charge < -0.3 is 19.7 Å². The Kier molecular flexibility index (Phi) is 7.35. The smallest absolute Gasteiger partial charge is 0.265 e. The van der Waals surface area contributed by atoms with Gasteiger partial charge in [-0.05, 0) is 48.9 Å². The monoisotopic (exact) mass is 428 g/mol. The highest BCUT2D eigenvalue weighted by atomic mass is 32.2. The molecule has 1 aliphatic heterocycles. The highest BCUT2D eigenvalue weighted by molar-refractivity contribution is 8.00. The SMILES string of the molecule is CCCN1C(=O)COc2ccc(C(=O)CSCC(=O)Nc3ccc(OC)cc3)cc21. The number of hydrogen-bond acceptors (Lipinski definition) is 6. The number of nitrogens with zero attached hydrogens (tertiary/aromatic N) is 1.